The molecule has 0 spiro atoms. The molecule has 0 radical (unpaired) electrons. The summed E-state index contributed by atoms with van der Waals surface area (Å²) < 4.78 is 2.73. The minimum atomic E-state index is 0.237. The number of anilines is 1. The van der Waals surface area contributed by atoms with E-state index in [0.717, 1.165) is 15.4 Å². The molecule has 0 saturated carbocycles. The Balaban J connectivity index is 2.27. The van der Waals surface area contributed by atoms with E-state index in [1.165, 1.54) is 0 Å². The van der Waals surface area contributed by atoms with Crippen LogP contribution in [0.2, 0.25) is 0 Å². The molecular weight excluding hydrogens is 282 g/mol. The molecule has 2 heterocycles. The van der Waals surface area contributed by atoms with Crippen LogP contribution in [0.5, 0.6) is 0 Å². The number of nitrogens with two attached hydrogens (primary N) is 1. The summed E-state index contributed by atoms with van der Waals surface area (Å²) in [7, 11) is 0. The highest BCUT2D eigenvalue weighted by Crippen LogP contribution is 2.21. The fourth-order valence-corrected chi connectivity index (χ4v) is 2.00. The number of hydrogen-bond acceptors (Lipinski definition) is 4. The first-order valence-electron chi connectivity index (χ1n) is 4.96. The number of rotatable bonds is 1. The van der Waals surface area contributed by atoms with Crippen LogP contribution < -0.4 is 5.73 Å². The first-order valence-corrected chi connectivity index (χ1v) is 5.75. The minimum absolute atomic E-state index is 0.237. The van der Waals surface area contributed by atoms with Gasteiger partial charge in [-0.25, -0.2) is 9.67 Å². The van der Waals surface area contributed by atoms with Crippen LogP contribution in [0.1, 0.15) is 0 Å². The van der Waals surface area contributed by atoms with Crippen LogP contribution >= 0.6 is 15.9 Å². The summed E-state index contributed by atoms with van der Waals surface area (Å²) in [6.07, 6.45) is 3.41. The van der Waals surface area contributed by atoms with Gasteiger partial charge in [0.15, 0.2) is 5.82 Å². The number of fused-ring (bicyclic) bond motifs is 1. The maximum atomic E-state index is 5.57. The zero-order valence-corrected chi connectivity index (χ0v) is 10.3. The van der Waals surface area contributed by atoms with Gasteiger partial charge in [0, 0.05) is 22.1 Å². The van der Waals surface area contributed by atoms with Crippen molar-refractivity contribution in [3.63, 3.8) is 0 Å². The van der Waals surface area contributed by atoms with E-state index in [1.807, 2.05) is 18.2 Å². The second-order valence-corrected chi connectivity index (χ2v) is 4.45. The van der Waals surface area contributed by atoms with Gasteiger partial charge in [0.2, 0.25) is 5.95 Å². The number of hydrogen-bond donors (Lipinski definition) is 1. The molecule has 0 saturated heterocycles. The molecule has 3 aromatic rings. The van der Waals surface area contributed by atoms with E-state index in [9.17, 15) is 0 Å². The van der Waals surface area contributed by atoms with Gasteiger partial charge in [0.05, 0.1) is 11.7 Å². The maximum absolute atomic E-state index is 5.57. The molecular formula is C11H8BrN5. The molecule has 17 heavy (non-hydrogen) atoms. The fraction of sp³-hybridized carbons (Fsp3) is 0. The molecule has 2 N–H and O–H groups in total. The fourth-order valence-electron chi connectivity index (χ4n) is 1.66. The van der Waals surface area contributed by atoms with Crippen LogP contribution in [-0.2, 0) is 0 Å². The number of aromatic nitrogens is 4. The number of nitrogens with zero attached hydrogens (tertiary/aromatic N) is 4. The van der Waals surface area contributed by atoms with Crippen LogP contribution in [-0.4, -0.2) is 19.7 Å². The highest BCUT2D eigenvalue weighted by Gasteiger charge is 2.06. The van der Waals surface area contributed by atoms with Gasteiger partial charge in [-0.3, -0.25) is 0 Å². The topological polar surface area (TPSA) is 69.6 Å². The van der Waals surface area contributed by atoms with E-state index in [4.69, 9.17) is 5.73 Å². The summed E-state index contributed by atoms with van der Waals surface area (Å²) in [6.45, 7) is 0. The third kappa shape index (κ3) is 1.76. The molecule has 3 rings (SSSR count). The SMILES string of the molecule is Nc1nccc(-n2ncc3ccc(Br)cc32)n1. The first kappa shape index (κ1) is 10.2. The lowest BCUT2D eigenvalue weighted by Crippen LogP contribution is -2.03. The summed E-state index contributed by atoms with van der Waals surface area (Å²) in [6, 6.07) is 7.72. The molecule has 6 heteroatoms. The Kier molecular flexibility index (Phi) is 2.29. The Morgan fingerprint density at radius 3 is 2.94 bits per heavy atom. The molecule has 2 aromatic heterocycles. The van der Waals surface area contributed by atoms with Crippen LogP contribution in [0.15, 0.2) is 41.1 Å². The van der Waals surface area contributed by atoms with Crippen molar-refractivity contribution in [3.8, 4) is 5.82 Å². The highest BCUT2D eigenvalue weighted by molar-refractivity contribution is 9.10. The van der Waals surface area contributed by atoms with Gasteiger partial charge in [-0.05, 0) is 12.1 Å². The lowest BCUT2D eigenvalue weighted by atomic mass is 10.2. The average Bonchev–Trinajstić information content (AvgIpc) is 2.71. The molecule has 0 atom stereocenters. The second-order valence-electron chi connectivity index (χ2n) is 3.53. The first-order chi connectivity index (χ1) is 8.24. The Hall–Kier alpha value is -1.95. The van der Waals surface area contributed by atoms with Gasteiger partial charge >= 0.3 is 0 Å². The normalized spacial score (nSPS) is 10.9. The Morgan fingerprint density at radius 1 is 1.24 bits per heavy atom. The number of nitrogen functional groups attached to an aromatic ring is 1. The van der Waals surface area contributed by atoms with E-state index in [1.54, 1.807) is 23.1 Å². The molecule has 0 aliphatic heterocycles. The van der Waals surface area contributed by atoms with E-state index < -0.39 is 0 Å². The third-order valence-electron chi connectivity index (χ3n) is 2.41. The molecule has 0 unspecified atom stereocenters. The molecule has 0 fully saturated rings. The third-order valence-corrected chi connectivity index (χ3v) is 2.90. The van der Waals surface area contributed by atoms with Crippen molar-refractivity contribution in [2.24, 2.45) is 0 Å². The quantitative estimate of drug-likeness (QED) is 0.745. The molecule has 0 aliphatic carbocycles. The maximum Gasteiger partial charge on any atom is 0.221 e. The molecule has 1 aromatic carbocycles. The minimum Gasteiger partial charge on any atom is -0.368 e. The molecule has 0 bridgehead atoms. The van der Waals surface area contributed by atoms with Gasteiger partial charge in [0.1, 0.15) is 0 Å². The van der Waals surface area contributed by atoms with Crippen molar-refractivity contribution in [1.82, 2.24) is 19.7 Å². The summed E-state index contributed by atoms with van der Waals surface area (Å²) in [4.78, 5) is 8.01. The van der Waals surface area contributed by atoms with Gasteiger partial charge in [-0.15, -0.1) is 0 Å². The van der Waals surface area contributed by atoms with Crippen molar-refractivity contribution >= 4 is 32.8 Å². The summed E-state index contributed by atoms with van der Waals surface area (Å²) in [5, 5.41) is 5.34. The van der Waals surface area contributed by atoms with Crippen molar-refractivity contribution in [2.75, 3.05) is 5.73 Å². The lowest BCUT2D eigenvalue weighted by Gasteiger charge is -2.02. The van der Waals surface area contributed by atoms with Gasteiger partial charge in [-0.2, -0.15) is 10.1 Å². The zero-order valence-electron chi connectivity index (χ0n) is 8.71. The summed E-state index contributed by atoms with van der Waals surface area (Å²) >= 11 is 3.44. The second kappa shape index (κ2) is 3.81. The molecule has 84 valence electrons. The van der Waals surface area contributed by atoms with Crippen molar-refractivity contribution < 1.29 is 0 Å². The van der Waals surface area contributed by atoms with Gasteiger partial charge in [0.25, 0.3) is 0 Å². The van der Waals surface area contributed by atoms with Gasteiger partial charge in [-0.1, -0.05) is 22.0 Å². The summed E-state index contributed by atoms with van der Waals surface area (Å²) in [5.74, 6) is 0.895. The predicted octanol–water partition coefficient (Wildman–Crippen LogP) is 2.16. The zero-order chi connectivity index (χ0) is 11.8. The Labute approximate surface area is 105 Å². The Bertz CT molecular complexity index is 691. The van der Waals surface area contributed by atoms with Crippen LogP contribution in [0.3, 0.4) is 0 Å². The smallest absolute Gasteiger partial charge is 0.221 e. The van der Waals surface area contributed by atoms with E-state index in [2.05, 4.69) is 31.0 Å². The summed E-state index contributed by atoms with van der Waals surface area (Å²) in [5.41, 5.74) is 6.54. The Morgan fingerprint density at radius 2 is 2.12 bits per heavy atom. The van der Waals surface area contributed by atoms with Crippen LogP contribution in [0, 0.1) is 0 Å². The predicted molar refractivity (Wildman–Crippen MR) is 68.8 cm³/mol. The standard InChI is InChI=1S/C11H8BrN5/c12-8-2-1-7-6-15-17(9(7)5-8)10-3-4-14-11(13)16-10/h1-6H,(H2,13,14,16). The van der Waals surface area contributed by atoms with E-state index in [-0.39, 0.29) is 5.95 Å². The van der Waals surface area contributed by atoms with Gasteiger partial charge < -0.3 is 5.73 Å². The van der Waals surface area contributed by atoms with Crippen molar-refractivity contribution in [1.29, 1.82) is 0 Å². The number of benzene rings is 1. The monoisotopic (exact) mass is 289 g/mol. The van der Waals surface area contributed by atoms with Crippen LogP contribution in [0.25, 0.3) is 16.7 Å². The van der Waals surface area contributed by atoms with Crippen molar-refractivity contribution in [2.45, 2.75) is 0 Å². The van der Waals surface area contributed by atoms with E-state index >= 15 is 0 Å². The number of halogens is 1. The molecule has 0 amide bonds. The lowest BCUT2D eigenvalue weighted by molar-refractivity contribution is 0.869. The molecule has 5 nitrogen and oxygen atoms in total. The van der Waals surface area contributed by atoms with E-state index in [0.29, 0.717) is 5.82 Å². The van der Waals surface area contributed by atoms with Crippen LogP contribution in [0.4, 0.5) is 5.95 Å². The largest absolute Gasteiger partial charge is 0.368 e. The highest BCUT2D eigenvalue weighted by atomic mass is 79.9. The van der Waals surface area contributed by atoms with Crippen molar-refractivity contribution in [3.05, 3.63) is 41.1 Å². The molecule has 0 aliphatic rings. The average molecular weight is 290 g/mol.